The number of pyridine rings is 1. The number of fused-ring (bicyclic) bond motifs is 2. The van der Waals surface area contributed by atoms with Gasteiger partial charge in [0.1, 0.15) is 11.4 Å². The van der Waals surface area contributed by atoms with Crippen molar-refractivity contribution in [3.05, 3.63) is 53.1 Å². The molecule has 4 heterocycles. The van der Waals surface area contributed by atoms with E-state index in [0.717, 1.165) is 46.4 Å². The van der Waals surface area contributed by atoms with Crippen LogP contribution in [0.1, 0.15) is 67.6 Å². The summed E-state index contributed by atoms with van der Waals surface area (Å²) in [4.78, 5) is 14.1. The second-order valence-electron chi connectivity index (χ2n) is 7.25. The zero-order chi connectivity index (χ0) is 20.7. The molecule has 0 radical (unpaired) electrons. The second-order valence-corrected chi connectivity index (χ2v) is 7.25. The molecule has 0 spiro atoms. The monoisotopic (exact) mass is 392 g/mol. The molecule has 0 N–H and O–H groups in total. The summed E-state index contributed by atoms with van der Waals surface area (Å²) in [5.41, 5.74) is 6.00. The van der Waals surface area contributed by atoms with Gasteiger partial charge in [-0.15, -0.1) is 0 Å². The molecule has 1 saturated carbocycles. The van der Waals surface area contributed by atoms with Gasteiger partial charge >= 0.3 is 0 Å². The molecule has 1 fully saturated rings. The van der Waals surface area contributed by atoms with Crippen molar-refractivity contribution >= 4 is 11.3 Å². The summed E-state index contributed by atoms with van der Waals surface area (Å²) in [5.74, 6) is 2.44. The Morgan fingerprint density at radius 2 is 1.93 bits per heavy atom. The van der Waals surface area contributed by atoms with Crippen molar-refractivity contribution in [2.45, 2.75) is 59.8 Å². The van der Waals surface area contributed by atoms with Crippen molar-refractivity contribution in [3.8, 4) is 5.75 Å². The molecule has 0 aliphatic heterocycles. The van der Waals surface area contributed by atoms with E-state index in [4.69, 9.17) is 19.8 Å². The molecular formula is C22H28N6O. The zero-order valence-corrected chi connectivity index (χ0v) is 18.0. The molecule has 0 amide bonds. The van der Waals surface area contributed by atoms with Crippen molar-refractivity contribution in [2.75, 3.05) is 6.61 Å². The van der Waals surface area contributed by atoms with Crippen LogP contribution in [0.15, 0.2) is 24.5 Å². The number of hydrogen-bond acceptors (Lipinski definition) is 5. The Morgan fingerprint density at radius 1 is 1.14 bits per heavy atom. The highest BCUT2D eigenvalue weighted by Gasteiger charge is 2.45. The number of ether oxygens (including phenoxy) is 1. The minimum atomic E-state index is 0.318. The summed E-state index contributed by atoms with van der Waals surface area (Å²) in [7, 11) is 0. The molecule has 152 valence electrons. The van der Waals surface area contributed by atoms with E-state index < -0.39 is 0 Å². The van der Waals surface area contributed by atoms with Gasteiger partial charge in [-0.3, -0.25) is 4.98 Å². The Hall–Kier alpha value is -2.96. The smallest absolute Gasteiger partial charge is 0.177 e. The Morgan fingerprint density at radius 3 is 2.66 bits per heavy atom. The summed E-state index contributed by atoms with van der Waals surface area (Å²) >= 11 is 0. The fourth-order valence-corrected chi connectivity index (χ4v) is 3.82. The van der Waals surface area contributed by atoms with Crippen LogP contribution in [-0.4, -0.2) is 35.6 Å². The van der Waals surface area contributed by atoms with Crippen molar-refractivity contribution < 1.29 is 4.74 Å². The van der Waals surface area contributed by atoms with Gasteiger partial charge in [-0.25, -0.2) is 14.5 Å². The van der Waals surface area contributed by atoms with Crippen LogP contribution >= 0.6 is 0 Å². The number of hydrogen-bond donors (Lipinski definition) is 0. The Balaban J connectivity index is 0.000000994. The highest BCUT2D eigenvalue weighted by Crippen LogP contribution is 2.54. The van der Waals surface area contributed by atoms with Gasteiger partial charge in [0.05, 0.1) is 23.7 Å². The molecule has 5 rings (SSSR count). The maximum absolute atomic E-state index is 5.60. The SMILES string of the molecule is CC.CCOc1ccn2c(C)c(C3CC3c3nc4c(C)ncc(C)n4n3)nc2c1. The van der Waals surface area contributed by atoms with Crippen LogP contribution in [0.25, 0.3) is 11.3 Å². The normalized spacial score (nSPS) is 18.0. The van der Waals surface area contributed by atoms with Gasteiger partial charge in [0.2, 0.25) is 0 Å². The van der Waals surface area contributed by atoms with Crippen LogP contribution in [0.2, 0.25) is 0 Å². The van der Waals surface area contributed by atoms with E-state index in [0.29, 0.717) is 18.4 Å². The Bertz CT molecular complexity index is 1140. The van der Waals surface area contributed by atoms with Crippen molar-refractivity contribution in [1.29, 1.82) is 0 Å². The number of imidazole rings is 1. The summed E-state index contributed by atoms with van der Waals surface area (Å²) < 4.78 is 9.63. The van der Waals surface area contributed by atoms with Gasteiger partial charge in [0.15, 0.2) is 11.5 Å². The molecule has 7 nitrogen and oxygen atoms in total. The highest BCUT2D eigenvalue weighted by atomic mass is 16.5. The number of aryl methyl sites for hydroxylation is 3. The first-order valence-electron chi connectivity index (χ1n) is 10.4. The molecule has 1 aliphatic carbocycles. The van der Waals surface area contributed by atoms with E-state index in [2.05, 4.69) is 16.3 Å². The van der Waals surface area contributed by atoms with E-state index in [-0.39, 0.29) is 0 Å². The molecule has 29 heavy (non-hydrogen) atoms. The minimum absolute atomic E-state index is 0.318. The van der Waals surface area contributed by atoms with Crippen LogP contribution in [-0.2, 0) is 0 Å². The first kappa shape index (κ1) is 19.4. The second kappa shape index (κ2) is 7.46. The number of rotatable bonds is 4. The van der Waals surface area contributed by atoms with Gasteiger partial charge in [-0.1, -0.05) is 13.8 Å². The third-order valence-corrected chi connectivity index (χ3v) is 5.38. The predicted octanol–water partition coefficient (Wildman–Crippen LogP) is 4.39. The minimum Gasteiger partial charge on any atom is -0.494 e. The van der Waals surface area contributed by atoms with Crippen LogP contribution in [0.4, 0.5) is 0 Å². The maximum atomic E-state index is 5.60. The lowest BCUT2D eigenvalue weighted by Crippen LogP contribution is -1.97. The van der Waals surface area contributed by atoms with Crippen LogP contribution in [0.5, 0.6) is 5.75 Å². The van der Waals surface area contributed by atoms with E-state index in [1.807, 2.05) is 63.7 Å². The summed E-state index contributed by atoms with van der Waals surface area (Å²) in [5, 5.41) is 4.74. The van der Waals surface area contributed by atoms with Gasteiger partial charge in [-0.05, 0) is 40.2 Å². The van der Waals surface area contributed by atoms with Crippen LogP contribution < -0.4 is 4.74 Å². The predicted molar refractivity (Wildman–Crippen MR) is 113 cm³/mol. The van der Waals surface area contributed by atoms with Crippen LogP contribution in [0, 0.1) is 20.8 Å². The molecule has 1 aliphatic rings. The van der Waals surface area contributed by atoms with E-state index in [1.165, 1.54) is 5.69 Å². The summed E-state index contributed by atoms with van der Waals surface area (Å²) in [6, 6.07) is 3.99. The highest BCUT2D eigenvalue weighted by molar-refractivity contribution is 5.50. The van der Waals surface area contributed by atoms with Crippen molar-refractivity contribution in [1.82, 2.24) is 29.0 Å². The lowest BCUT2D eigenvalue weighted by atomic mass is 10.2. The van der Waals surface area contributed by atoms with Gasteiger partial charge in [-0.2, -0.15) is 5.10 Å². The quantitative estimate of drug-likeness (QED) is 0.515. The molecule has 4 aromatic rings. The average Bonchev–Trinajstić information content (AvgIpc) is 3.26. The Kier molecular flexibility index (Phi) is 4.98. The van der Waals surface area contributed by atoms with Crippen molar-refractivity contribution in [2.24, 2.45) is 0 Å². The molecule has 2 atom stereocenters. The standard InChI is InChI=1S/C20H22N6O.C2H6/c1-5-27-14-6-7-25-13(4)18(22-17(25)8-14)15-9-16(15)19-23-20-12(3)21-10-11(2)26(20)24-19;1-2/h6-8,10,15-16H,5,9H2,1-4H3;1-2H3. The molecular weight excluding hydrogens is 364 g/mol. The Labute approximate surface area is 170 Å². The fourth-order valence-electron chi connectivity index (χ4n) is 3.82. The molecule has 0 bridgehead atoms. The lowest BCUT2D eigenvalue weighted by molar-refractivity contribution is 0.340. The van der Waals surface area contributed by atoms with E-state index in [1.54, 1.807) is 0 Å². The topological polar surface area (TPSA) is 69.6 Å². The van der Waals surface area contributed by atoms with Gasteiger partial charge in [0.25, 0.3) is 0 Å². The van der Waals surface area contributed by atoms with Crippen molar-refractivity contribution in [3.63, 3.8) is 0 Å². The third kappa shape index (κ3) is 3.24. The largest absolute Gasteiger partial charge is 0.494 e. The van der Waals surface area contributed by atoms with E-state index in [9.17, 15) is 0 Å². The third-order valence-electron chi connectivity index (χ3n) is 5.38. The summed E-state index contributed by atoms with van der Waals surface area (Å²) in [6.07, 6.45) is 4.91. The van der Waals surface area contributed by atoms with Gasteiger partial charge < -0.3 is 9.14 Å². The molecule has 7 heteroatoms. The molecule has 0 aromatic carbocycles. The maximum Gasteiger partial charge on any atom is 0.177 e. The lowest BCUT2D eigenvalue weighted by Gasteiger charge is -2.03. The average molecular weight is 393 g/mol. The number of nitrogens with zero attached hydrogens (tertiary/aromatic N) is 6. The van der Waals surface area contributed by atoms with Gasteiger partial charge in [0, 0.05) is 36.0 Å². The molecule has 4 aromatic heterocycles. The van der Waals surface area contributed by atoms with E-state index >= 15 is 0 Å². The first-order valence-corrected chi connectivity index (χ1v) is 10.4. The number of aromatic nitrogens is 6. The fraction of sp³-hybridized carbons (Fsp3) is 0.455. The molecule has 2 unspecified atom stereocenters. The first-order chi connectivity index (χ1) is 14.1. The molecule has 0 saturated heterocycles. The van der Waals surface area contributed by atoms with Crippen LogP contribution in [0.3, 0.4) is 0 Å². The summed E-state index contributed by atoms with van der Waals surface area (Å²) in [6.45, 7) is 12.7. The zero-order valence-electron chi connectivity index (χ0n) is 18.0.